The smallest absolute Gasteiger partial charge is 0.383 e. The topological polar surface area (TPSA) is 55.4 Å². The Morgan fingerprint density at radius 2 is 1.80 bits per heavy atom. The molecule has 0 heterocycles. The molecule has 0 fully saturated rings. The lowest BCUT2D eigenvalue weighted by molar-refractivity contribution is -0.171. The highest BCUT2D eigenvalue weighted by molar-refractivity contribution is 5.88. The number of ether oxygens (including phenoxy) is 1. The van der Waals surface area contributed by atoms with Crippen LogP contribution in [0, 0.1) is 0 Å². The highest BCUT2D eigenvalue weighted by Gasteiger charge is 2.49. The van der Waals surface area contributed by atoms with Crippen LogP contribution in [0.3, 0.4) is 0 Å². The third-order valence-corrected chi connectivity index (χ3v) is 1.48. The fourth-order valence-electron chi connectivity index (χ4n) is 0.628. The van der Waals surface area contributed by atoms with Crippen LogP contribution >= 0.6 is 0 Å². The number of carbonyl (C=O) groups is 2. The summed E-state index contributed by atoms with van der Waals surface area (Å²) in [5.74, 6) is -8.04. The number of halogens is 4. The van der Waals surface area contributed by atoms with E-state index in [1.165, 1.54) is 5.32 Å². The van der Waals surface area contributed by atoms with Gasteiger partial charge in [-0.3, -0.25) is 4.79 Å². The first-order valence-electron chi connectivity index (χ1n) is 3.78. The van der Waals surface area contributed by atoms with Crippen molar-refractivity contribution in [2.45, 2.75) is 25.3 Å². The molecule has 0 aliphatic carbocycles. The Morgan fingerprint density at radius 3 is 2.13 bits per heavy atom. The fourth-order valence-corrected chi connectivity index (χ4v) is 0.628. The van der Waals surface area contributed by atoms with E-state index in [2.05, 4.69) is 4.74 Å². The number of esters is 1. The van der Waals surface area contributed by atoms with Crippen LogP contribution in [0.15, 0.2) is 0 Å². The van der Waals surface area contributed by atoms with E-state index < -0.39 is 30.3 Å². The zero-order valence-electron chi connectivity index (χ0n) is 7.89. The standard InChI is InChI=1S/C7H9F4NO3/c1-3(4(13)15-2)12-6(14)7(10,11)5(8)9/h3,5H,1-2H3,(H,12,14). The van der Waals surface area contributed by atoms with Crippen molar-refractivity contribution in [3.63, 3.8) is 0 Å². The normalized spacial score (nSPS) is 13.5. The zero-order valence-corrected chi connectivity index (χ0v) is 7.89. The second-order valence-electron chi connectivity index (χ2n) is 2.64. The molecule has 4 nitrogen and oxygen atoms in total. The molecule has 1 amide bonds. The SMILES string of the molecule is COC(=O)C(C)NC(=O)C(F)(F)C(F)F. The number of methoxy groups -OCH3 is 1. The molecule has 0 spiro atoms. The second kappa shape index (κ2) is 4.94. The lowest BCUT2D eigenvalue weighted by Gasteiger charge is -2.17. The van der Waals surface area contributed by atoms with Crippen molar-refractivity contribution in [3.8, 4) is 0 Å². The maximum Gasteiger partial charge on any atom is 0.383 e. The Labute approximate surface area is 82.6 Å². The molecular weight excluding hydrogens is 222 g/mol. The van der Waals surface area contributed by atoms with Crippen molar-refractivity contribution in [1.29, 1.82) is 0 Å². The minimum Gasteiger partial charge on any atom is -0.467 e. The Kier molecular flexibility index (Phi) is 4.50. The molecule has 8 heteroatoms. The summed E-state index contributed by atoms with van der Waals surface area (Å²) in [6.07, 6.45) is -4.12. The molecule has 1 N–H and O–H groups in total. The molecule has 0 aromatic heterocycles. The van der Waals surface area contributed by atoms with Gasteiger partial charge in [-0.2, -0.15) is 8.78 Å². The van der Waals surface area contributed by atoms with E-state index in [0.717, 1.165) is 14.0 Å². The third kappa shape index (κ3) is 3.37. The van der Waals surface area contributed by atoms with Crippen molar-refractivity contribution in [2.75, 3.05) is 7.11 Å². The summed E-state index contributed by atoms with van der Waals surface area (Å²) in [5, 5.41) is 1.41. The van der Waals surface area contributed by atoms with Crippen LogP contribution in [0.4, 0.5) is 17.6 Å². The number of rotatable bonds is 4. The predicted octanol–water partition coefficient (Wildman–Crippen LogP) is 0.564. The first-order valence-corrected chi connectivity index (χ1v) is 3.78. The van der Waals surface area contributed by atoms with Crippen LogP contribution in [0.25, 0.3) is 0 Å². The zero-order chi connectivity index (χ0) is 12.2. The van der Waals surface area contributed by atoms with Crippen molar-refractivity contribution in [1.82, 2.24) is 5.32 Å². The van der Waals surface area contributed by atoms with Crippen LogP contribution in [0.1, 0.15) is 6.92 Å². The van der Waals surface area contributed by atoms with E-state index in [1.807, 2.05) is 0 Å². The van der Waals surface area contributed by atoms with Gasteiger partial charge in [-0.05, 0) is 6.92 Å². The Bertz CT molecular complexity index is 257. The van der Waals surface area contributed by atoms with Gasteiger partial charge >= 0.3 is 18.3 Å². The largest absolute Gasteiger partial charge is 0.467 e. The van der Waals surface area contributed by atoms with Crippen molar-refractivity contribution < 1.29 is 31.9 Å². The first-order chi connectivity index (χ1) is 6.73. The van der Waals surface area contributed by atoms with Crippen LogP contribution in [-0.2, 0) is 14.3 Å². The Hall–Kier alpha value is -1.34. The molecule has 0 aromatic carbocycles. The Balaban J connectivity index is 4.44. The van der Waals surface area contributed by atoms with Gasteiger partial charge < -0.3 is 10.1 Å². The minimum atomic E-state index is -4.82. The van der Waals surface area contributed by atoms with Crippen molar-refractivity contribution in [2.24, 2.45) is 0 Å². The number of hydrogen-bond donors (Lipinski definition) is 1. The maximum atomic E-state index is 12.4. The minimum absolute atomic E-state index is 0.968. The van der Waals surface area contributed by atoms with Gasteiger partial charge in [0.15, 0.2) is 0 Å². The summed E-state index contributed by atoms with van der Waals surface area (Å²) in [5.41, 5.74) is 0. The number of alkyl halides is 4. The molecule has 1 atom stereocenters. The molecular formula is C7H9F4NO3. The Morgan fingerprint density at radius 1 is 1.33 bits per heavy atom. The first kappa shape index (κ1) is 13.7. The van der Waals surface area contributed by atoms with Gasteiger partial charge in [-0.15, -0.1) is 0 Å². The van der Waals surface area contributed by atoms with Crippen LogP contribution in [0.5, 0.6) is 0 Å². The quantitative estimate of drug-likeness (QED) is 0.568. The summed E-state index contributed by atoms with van der Waals surface area (Å²) in [6.45, 7) is 1.03. The molecule has 0 saturated carbocycles. The van der Waals surface area contributed by atoms with Crippen molar-refractivity contribution >= 4 is 11.9 Å². The molecule has 1 unspecified atom stereocenters. The number of amides is 1. The van der Waals surface area contributed by atoms with Crippen LogP contribution in [-0.4, -0.2) is 37.4 Å². The molecule has 0 bridgehead atoms. The van der Waals surface area contributed by atoms with Gasteiger partial charge in [0.2, 0.25) is 0 Å². The maximum absolute atomic E-state index is 12.4. The number of hydrogen-bond acceptors (Lipinski definition) is 3. The van der Waals surface area contributed by atoms with E-state index in [9.17, 15) is 27.2 Å². The lowest BCUT2D eigenvalue weighted by Crippen LogP contribution is -2.50. The predicted molar refractivity (Wildman–Crippen MR) is 40.6 cm³/mol. The highest BCUT2D eigenvalue weighted by Crippen LogP contribution is 2.22. The molecule has 0 rings (SSSR count). The second-order valence-corrected chi connectivity index (χ2v) is 2.64. The van der Waals surface area contributed by atoms with Gasteiger partial charge in [0.1, 0.15) is 6.04 Å². The molecule has 0 radical (unpaired) electrons. The van der Waals surface area contributed by atoms with E-state index in [4.69, 9.17) is 0 Å². The van der Waals surface area contributed by atoms with Crippen molar-refractivity contribution in [3.05, 3.63) is 0 Å². The van der Waals surface area contributed by atoms with Gasteiger partial charge in [0.25, 0.3) is 5.91 Å². The summed E-state index contributed by atoms with van der Waals surface area (Å²) >= 11 is 0. The molecule has 15 heavy (non-hydrogen) atoms. The molecule has 0 aliphatic heterocycles. The summed E-state index contributed by atoms with van der Waals surface area (Å²) < 4.78 is 52.1. The van der Waals surface area contributed by atoms with Gasteiger partial charge in [-0.1, -0.05) is 0 Å². The molecule has 0 aromatic rings. The average Bonchev–Trinajstić information content (AvgIpc) is 2.15. The van der Waals surface area contributed by atoms with E-state index >= 15 is 0 Å². The van der Waals surface area contributed by atoms with E-state index in [0.29, 0.717) is 0 Å². The van der Waals surface area contributed by atoms with Gasteiger partial charge in [0, 0.05) is 0 Å². The summed E-state index contributed by atoms with van der Waals surface area (Å²) in [6, 6.07) is -1.41. The number of nitrogens with one attached hydrogen (secondary N) is 1. The summed E-state index contributed by atoms with van der Waals surface area (Å²) in [7, 11) is 0.968. The van der Waals surface area contributed by atoms with E-state index in [-0.39, 0.29) is 0 Å². The lowest BCUT2D eigenvalue weighted by atomic mass is 10.2. The fraction of sp³-hybridized carbons (Fsp3) is 0.714. The van der Waals surface area contributed by atoms with E-state index in [1.54, 1.807) is 0 Å². The number of carbonyl (C=O) groups excluding carboxylic acids is 2. The third-order valence-electron chi connectivity index (χ3n) is 1.48. The van der Waals surface area contributed by atoms with Gasteiger partial charge in [-0.25, -0.2) is 13.6 Å². The van der Waals surface area contributed by atoms with Gasteiger partial charge in [0.05, 0.1) is 7.11 Å². The average molecular weight is 231 g/mol. The van der Waals surface area contributed by atoms with Crippen LogP contribution < -0.4 is 5.32 Å². The monoisotopic (exact) mass is 231 g/mol. The van der Waals surface area contributed by atoms with Crippen LogP contribution in [0.2, 0.25) is 0 Å². The molecule has 0 aliphatic rings. The summed E-state index contributed by atoms with van der Waals surface area (Å²) in [4.78, 5) is 21.3. The molecule has 0 saturated heterocycles. The molecule has 88 valence electrons. The highest BCUT2D eigenvalue weighted by atomic mass is 19.3.